The average Bonchev–Trinajstić information content (AvgIpc) is 2.74. The van der Waals surface area contributed by atoms with Crippen LogP contribution in [-0.4, -0.2) is 22.4 Å². The van der Waals surface area contributed by atoms with E-state index >= 15 is 0 Å². The normalized spacial score (nSPS) is 37.3. The van der Waals surface area contributed by atoms with Gasteiger partial charge in [0.25, 0.3) is 0 Å². The lowest BCUT2D eigenvalue weighted by Crippen LogP contribution is -2.17. The minimum Gasteiger partial charge on any atom is -0.303 e. The highest BCUT2D eigenvalue weighted by Gasteiger charge is 2.35. The maximum Gasteiger partial charge on any atom is 0.123 e. The van der Waals surface area contributed by atoms with E-state index in [-0.39, 0.29) is 0 Å². The topological polar surface area (TPSA) is 17.1 Å². The van der Waals surface area contributed by atoms with E-state index in [2.05, 4.69) is 23.5 Å². The second-order valence-corrected chi connectivity index (χ2v) is 6.30. The zero-order chi connectivity index (χ0) is 8.39. The van der Waals surface area contributed by atoms with E-state index < -0.39 is 0 Å². The molecule has 1 aliphatic carbocycles. The van der Waals surface area contributed by atoms with Crippen LogP contribution in [-0.2, 0) is 4.79 Å². The van der Waals surface area contributed by atoms with Crippen molar-refractivity contribution in [3.05, 3.63) is 0 Å². The van der Waals surface area contributed by atoms with E-state index in [9.17, 15) is 4.79 Å². The average molecular weight is 202 g/mol. The van der Waals surface area contributed by atoms with Crippen molar-refractivity contribution in [2.24, 2.45) is 11.8 Å². The maximum absolute atomic E-state index is 10.8. The zero-order valence-electron chi connectivity index (χ0n) is 7.07. The van der Waals surface area contributed by atoms with Crippen LogP contribution in [0.4, 0.5) is 0 Å². The molecule has 1 heterocycles. The summed E-state index contributed by atoms with van der Waals surface area (Å²) in [4.78, 5) is 10.8. The molecule has 0 aromatic rings. The first-order valence-electron chi connectivity index (χ1n) is 4.60. The predicted molar refractivity (Wildman–Crippen MR) is 55.6 cm³/mol. The summed E-state index contributed by atoms with van der Waals surface area (Å²) in [5, 5.41) is 0. The van der Waals surface area contributed by atoms with Crippen LogP contribution in [0.5, 0.6) is 0 Å². The molecule has 0 radical (unpaired) electrons. The number of rotatable bonds is 2. The number of carbonyl (C=O) groups excluding carboxylic acids is 1. The molecule has 1 nitrogen and oxygen atoms in total. The Hall–Kier alpha value is 0.370. The minimum absolute atomic E-state index is 0.382. The standard InChI is InChI=1S/C9H14OS2/c10-6-7-2-1-3-8(7)9-11-4-5-12-9/h6-9H,1-5H2/t7-,8-/m1/s1. The van der Waals surface area contributed by atoms with Gasteiger partial charge in [-0.3, -0.25) is 0 Å². The van der Waals surface area contributed by atoms with Crippen LogP contribution < -0.4 is 0 Å². The molecule has 0 spiro atoms. The van der Waals surface area contributed by atoms with E-state index in [1.807, 2.05) is 0 Å². The van der Waals surface area contributed by atoms with Gasteiger partial charge in [-0.25, -0.2) is 0 Å². The van der Waals surface area contributed by atoms with Gasteiger partial charge in [0, 0.05) is 17.4 Å². The Morgan fingerprint density at radius 3 is 2.58 bits per heavy atom. The van der Waals surface area contributed by atoms with E-state index in [1.54, 1.807) is 0 Å². The van der Waals surface area contributed by atoms with Crippen LogP contribution in [0.1, 0.15) is 19.3 Å². The maximum atomic E-state index is 10.8. The van der Waals surface area contributed by atoms with Crippen molar-refractivity contribution < 1.29 is 4.79 Å². The molecular formula is C9H14OS2. The molecule has 2 atom stereocenters. The first kappa shape index (κ1) is 8.95. The van der Waals surface area contributed by atoms with Crippen LogP contribution in [0.15, 0.2) is 0 Å². The van der Waals surface area contributed by atoms with Gasteiger partial charge in [0.15, 0.2) is 0 Å². The smallest absolute Gasteiger partial charge is 0.123 e. The highest BCUT2D eigenvalue weighted by atomic mass is 32.2. The van der Waals surface area contributed by atoms with Gasteiger partial charge in [0.2, 0.25) is 0 Å². The Labute approximate surface area is 82.1 Å². The van der Waals surface area contributed by atoms with Crippen molar-refractivity contribution in [3.8, 4) is 0 Å². The largest absolute Gasteiger partial charge is 0.303 e. The number of carbonyl (C=O) groups is 1. The van der Waals surface area contributed by atoms with Crippen molar-refractivity contribution in [3.63, 3.8) is 0 Å². The summed E-state index contributed by atoms with van der Waals surface area (Å²) in [6, 6.07) is 0. The lowest BCUT2D eigenvalue weighted by atomic mass is 10.00. The molecule has 0 N–H and O–H groups in total. The second kappa shape index (κ2) is 4.05. The van der Waals surface area contributed by atoms with E-state index in [0.717, 1.165) is 11.0 Å². The third-order valence-corrected chi connectivity index (χ3v) is 6.11. The molecule has 0 bridgehead atoms. The molecule has 1 saturated heterocycles. The van der Waals surface area contributed by atoms with Crippen LogP contribution in [0, 0.1) is 11.8 Å². The summed E-state index contributed by atoms with van der Waals surface area (Å²) in [6.07, 6.45) is 4.89. The fourth-order valence-electron chi connectivity index (χ4n) is 2.15. The first-order chi connectivity index (χ1) is 5.92. The summed E-state index contributed by atoms with van der Waals surface area (Å²) in [6.45, 7) is 0. The van der Waals surface area contributed by atoms with Gasteiger partial charge >= 0.3 is 0 Å². The molecule has 0 unspecified atom stereocenters. The molecule has 2 aliphatic rings. The van der Waals surface area contributed by atoms with Crippen LogP contribution in [0.25, 0.3) is 0 Å². The number of aldehydes is 1. The SMILES string of the molecule is O=C[C@H]1CCC[C@H]1C1SCCS1. The van der Waals surface area contributed by atoms with Gasteiger partial charge < -0.3 is 4.79 Å². The molecule has 12 heavy (non-hydrogen) atoms. The van der Waals surface area contributed by atoms with E-state index in [0.29, 0.717) is 11.8 Å². The van der Waals surface area contributed by atoms with Gasteiger partial charge in [-0.15, -0.1) is 23.5 Å². The fraction of sp³-hybridized carbons (Fsp3) is 0.889. The van der Waals surface area contributed by atoms with Crippen molar-refractivity contribution in [1.82, 2.24) is 0 Å². The Morgan fingerprint density at radius 1 is 1.17 bits per heavy atom. The quantitative estimate of drug-likeness (QED) is 0.640. The Balaban J connectivity index is 1.96. The zero-order valence-corrected chi connectivity index (χ0v) is 8.70. The van der Waals surface area contributed by atoms with Crippen molar-refractivity contribution >= 4 is 29.8 Å². The van der Waals surface area contributed by atoms with Gasteiger partial charge in [0.05, 0.1) is 4.58 Å². The minimum atomic E-state index is 0.382. The number of thioether (sulfide) groups is 2. The summed E-state index contributed by atoms with van der Waals surface area (Å²) >= 11 is 4.13. The Morgan fingerprint density at radius 2 is 1.92 bits per heavy atom. The molecule has 0 amide bonds. The van der Waals surface area contributed by atoms with Crippen LogP contribution in [0.2, 0.25) is 0 Å². The Kier molecular flexibility index (Phi) is 3.02. The van der Waals surface area contributed by atoms with Gasteiger partial charge in [-0.2, -0.15) is 0 Å². The lowest BCUT2D eigenvalue weighted by molar-refractivity contribution is -0.111. The Bertz CT molecular complexity index is 166. The number of hydrogen-bond acceptors (Lipinski definition) is 3. The molecule has 0 aromatic carbocycles. The summed E-state index contributed by atoms with van der Waals surface area (Å²) in [5.41, 5.74) is 0. The molecule has 2 fully saturated rings. The van der Waals surface area contributed by atoms with E-state index in [4.69, 9.17) is 0 Å². The summed E-state index contributed by atoms with van der Waals surface area (Å²) < 4.78 is 0.739. The molecule has 0 aromatic heterocycles. The van der Waals surface area contributed by atoms with Crippen molar-refractivity contribution in [2.75, 3.05) is 11.5 Å². The van der Waals surface area contributed by atoms with Crippen molar-refractivity contribution in [1.29, 1.82) is 0 Å². The lowest BCUT2D eigenvalue weighted by Gasteiger charge is -2.19. The van der Waals surface area contributed by atoms with E-state index in [1.165, 1.54) is 30.6 Å². The highest BCUT2D eigenvalue weighted by molar-refractivity contribution is 8.20. The summed E-state index contributed by atoms with van der Waals surface area (Å²) in [7, 11) is 0. The molecule has 2 rings (SSSR count). The summed E-state index contributed by atoms with van der Waals surface area (Å²) in [5.74, 6) is 3.66. The first-order valence-corrected chi connectivity index (χ1v) is 6.70. The van der Waals surface area contributed by atoms with Crippen LogP contribution >= 0.6 is 23.5 Å². The predicted octanol–water partition coefficient (Wildman–Crippen LogP) is 2.41. The van der Waals surface area contributed by atoms with Gasteiger partial charge in [-0.1, -0.05) is 6.42 Å². The molecule has 68 valence electrons. The number of hydrogen-bond donors (Lipinski definition) is 0. The third-order valence-electron chi connectivity index (χ3n) is 2.80. The van der Waals surface area contributed by atoms with Crippen molar-refractivity contribution in [2.45, 2.75) is 23.8 Å². The molecule has 1 saturated carbocycles. The highest BCUT2D eigenvalue weighted by Crippen LogP contribution is 2.45. The monoisotopic (exact) mass is 202 g/mol. The molecular weight excluding hydrogens is 188 g/mol. The van der Waals surface area contributed by atoms with Gasteiger partial charge in [-0.05, 0) is 18.8 Å². The van der Waals surface area contributed by atoms with Crippen LogP contribution in [0.3, 0.4) is 0 Å². The molecule has 1 aliphatic heterocycles. The van der Waals surface area contributed by atoms with Gasteiger partial charge in [0.1, 0.15) is 6.29 Å². The second-order valence-electron chi connectivity index (χ2n) is 3.50. The fourth-order valence-corrected chi connectivity index (χ4v) is 5.52. The molecule has 3 heteroatoms. The third kappa shape index (κ3) is 1.67.